The van der Waals surface area contributed by atoms with E-state index >= 15 is 0 Å². The first-order valence-corrected chi connectivity index (χ1v) is 13.7. The highest BCUT2D eigenvalue weighted by molar-refractivity contribution is 7.04. The van der Waals surface area contributed by atoms with Gasteiger partial charge < -0.3 is 0 Å². The topological polar surface area (TPSA) is 25.8 Å². The summed E-state index contributed by atoms with van der Waals surface area (Å²) in [7, 11) is -1.97. The Morgan fingerprint density at radius 2 is 1.19 bits per heavy atom. The molecule has 1 aliphatic rings. The second kappa shape index (κ2) is 6.72. The lowest BCUT2D eigenvalue weighted by molar-refractivity contribution is 1.20. The van der Waals surface area contributed by atoms with Crippen LogP contribution in [0.25, 0.3) is 44.7 Å². The van der Waals surface area contributed by atoms with E-state index in [0.717, 1.165) is 28.3 Å². The van der Waals surface area contributed by atoms with E-state index in [1.807, 2.05) is 6.07 Å². The zero-order valence-corrected chi connectivity index (χ0v) is 18.6. The largest absolute Gasteiger partial charge is 0.228 e. The SMILES string of the molecule is C[Si]1(C)c2ccc3ccccc3c2-c2nc(-c3ccccc3)nc(-c3ccccc3)c21. The van der Waals surface area contributed by atoms with Crippen molar-refractivity contribution in [1.29, 1.82) is 0 Å². The van der Waals surface area contributed by atoms with Crippen molar-refractivity contribution in [3.8, 4) is 33.9 Å². The lowest BCUT2D eigenvalue weighted by Gasteiger charge is -2.21. The molecule has 0 bridgehead atoms. The van der Waals surface area contributed by atoms with E-state index in [4.69, 9.17) is 9.97 Å². The Kier molecular flexibility index (Phi) is 3.95. The number of nitrogens with zero attached hydrogens (tertiary/aromatic N) is 2. The Morgan fingerprint density at radius 3 is 1.94 bits per heavy atom. The van der Waals surface area contributed by atoms with E-state index in [1.165, 1.54) is 26.7 Å². The van der Waals surface area contributed by atoms with E-state index in [0.29, 0.717) is 0 Å². The third-order valence-corrected chi connectivity index (χ3v) is 9.94. The minimum Gasteiger partial charge on any atom is -0.228 e. The van der Waals surface area contributed by atoms with Crippen LogP contribution in [0.5, 0.6) is 0 Å². The fourth-order valence-electron chi connectivity index (χ4n) is 4.94. The van der Waals surface area contributed by atoms with Gasteiger partial charge >= 0.3 is 0 Å². The predicted octanol–water partition coefficient (Wildman–Crippen LogP) is 5.77. The fourth-order valence-corrected chi connectivity index (χ4v) is 8.15. The van der Waals surface area contributed by atoms with Gasteiger partial charge in [-0.2, -0.15) is 0 Å². The van der Waals surface area contributed by atoms with Gasteiger partial charge in [0, 0.05) is 16.7 Å². The molecular formula is C28H22N2Si. The van der Waals surface area contributed by atoms with Crippen molar-refractivity contribution in [2.45, 2.75) is 13.1 Å². The molecule has 3 heteroatoms. The predicted molar refractivity (Wildman–Crippen MR) is 133 cm³/mol. The maximum Gasteiger partial charge on any atom is 0.160 e. The Morgan fingerprint density at radius 1 is 0.581 bits per heavy atom. The first-order valence-electron chi connectivity index (χ1n) is 10.7. The van der Waals surface area contributed by atoms with Crippen molar-refractivity contribution < 1.29 is 0 Å². The van der Waals surface area contributed by atoms with E-state index in [9.17, 15) is 0 Å². The van der Waals surface area contributed by atoms with Crippen LogP contribution in [0, 0.1) is 0 Å². The van der Waals surface area contributed by atoms with Crippen LogP contribution < -0.4 is 10.4 Å². The summed E-state index contributed by atoms with van der Waals surface area (Å²) in [5, 5.41) is 5.36. The van der Waals surface area contributed by atoms with Gasteiger partial charge in [0.2, 0.25) is 0 Å². The molecule has 0 saturated carbocycles. The second-order valence-electron chi connectivity index (χ2n) is 8.69. The van der Waals surface area contributed by atoms with Crippen molar-refractivity contribution in [3.05, 3.63) is 97.1 Å². The molecule has 0 spiro atoms. The van der Waals surface area contributed by atoms with Gasteiger partial charge in [0.25, 0.3) is 0 Å². The van der Waals surface area contributed by atoms with Crippen molar-refractivity contribution >= 4 is 29.2 Å². The molecule has 31 heavy (non-hydrogen) atoms. The molecule has 0 aliphatic carbocycles. The molecule has 0 unspecified atom stereocenters. The number of rotatable bonds is 2. The van der Waals surface area contributed by atoms with Crippen LogP contribution in [0.15, 0.2) is 97.1 Å². The third kappa shape index (κ3) is 2.70. The number of hydrogen-bond acceptors (Lipinski definition) is 2. The average molecular weight is 415 g/mol. The van der Waals surface area contributed by atoms with Gasteiger partial charge in [-0.3, -0.25) is 0 Å². The molecule has 0 atom stereocenters. The lowest BCUT2D eigenvalue weighted by Crippen LogP contribution is -2.50. The van der Waals surface area contributed by atoms with E-state index in [-0.39, 0.29) is 0 Å². The van der Waals surface area contributed by atoms with Crippen molar-refractivity contribution in [2.75, 3.05) is 0 Å². The van der Waals surface area contributed by atoms with Crippen LogP contribution in [0.1, 0.15) is 0 Å². The van der Waals surface area contributed by atoms with Gasteiger partial charge in [-0.1, -0.05) is 110 Å². The highest BCUT2D eigenvalue weighted by Gasteiger charge is 2.42. The molecule has 2 nitrogen and oxygen atoms in total. The van der Waals surface area contributed by atoms with E-state index in [1.54, 1.807) is 0 Å². The normalized spacial score (nSPS) is 13.7. The van der Waals surface area contributed by atoms with Crippen molar-refractivity contribution in [2.24, 2.45) is 0 Å². The molecule has 0 amide bonds. The van der Waals surface area contributed by atoms with Crippen LogP contribution in [-0.4, -0.2) is 18.0 Å². The van der Waals surface area contributed by atoms with Crippen molar-refractivity contribution in [3.63, 3.8) is 0 Å². The minimum absolute atomic E-state index is 0.795. The van der Waals surface area contributed by atoms with Gasteiger partial charge in [0.15, 0.2) is 5.82 Å². The van der Waals surface area contributed by atoms with Crippen molar-refractivity contribution in [1.82, 2.24) is 9.97 Å². The van der Waals surface area contributed by atoms with E-state index < -0.39 is 8.07 Å². The minimum atomic E-state index is -1.97. The van der Waals surface area contributed by atoms with Gasteiger partial charge in [-0.05, 0) is 21.1 Å². The van der Waals surface area contributed by atoms with Crippen LogP contribution in [0.4, 0.5) is 0 Å². The molecule has 5 aromatic rings. The van der Waals surface area contributed by atoms with Crippen LogP contribution in [0.3, 0.4) is 0 Å². The number of fused-ring (bicyclic) bond motifs is 5. The molecule has 148 valence electrons. The van der Waals surface area contributed by atoms with E-state index in [2.05, 4.69) is 104 Å². The first kappa shape index (κ1) is 18.2. The number of benzene rings is 4. The fraction of sp³-hybridized carbons (Fsp3) is 0.0714. The summed E-state index contributed by atoms with van der Waals surface area (Å²) in [6.07, 6.45) is 0. The Bertz CT molecular complexity index is 1440. The number of hydrogen-bond donors (Lipinski definition) is 0. The van der Waals surface area contributed by atoms with Gasteiger partial charge in [-0.15, -0.1) is 0 Å². The van der Waals surface area contributed by atoms with Gasteiger partial charge in [0.05, 0.1) is 11.4 Å². The molecule has 0 saturated heterocycles. The summed E-state index contributed by atoms with van der Waals surface area (Å²) in [6, 6.07) is 34.2. The number of aromatic nitrogens is 2. The molecule has 4 aromatic carbocycles. The zero-order chi connectivity index (χ0) is 21.0. The molecule has 1 aromatic heterocycles. The molecular weight excluding hydrogens is 392 g/mol. The molecule has 0 fully saturated rings. The highest BCUT2D eigenvalue weighted by Crippen LogP contribution is 2.37. The monoisotopic (exact) mass is 414 g/mol. The molecule has 2 heterocycles. The molecule has 0 radical (unpaired) electrons. The maximum atomic E-state index is 5.22. The summed E-state index contributed by atoms with van der Waals surface area (Å²) in [5.74, 6) is 0.795. The molecule has 0 N–H and O–H groups in total. The van der Waals surface area contributed by atoms with Gasteiger partial charge in [-0.25, -0.2) is 9.97 Å². The summed E-state index contributed by atoms with van der Waals surface area (Å²) >= 11 is 0. The van der Waals surface area contributed by atoms with Crippen LogP contribution in [-0.2, 0) is 0 Å². The first-order chi connectivity index (χ1) is 15.1. The second-order valence-corrected chi connectivity index (χ2v) is 13.0. The highest BCUT2D eigenvalue weighted by atomic mass is 28.3. The quantitative estimate of drug-likeness (QED) is 0.343. The summed E-state index contributed by atoms with van der Waals surface area (Å²) < 4.78 is 0. The summed E-state index contributed by atoms with van der Waals surface area (Å²) in [6.45, 7) is 4.87. The van der Waals surface area contributed by atoms with Crippen LogP contribution >= 0.6 is 0 Å². The molecule has 6 rings (SSSR count). The maximum absolute atomic E-state index is 5.22. The average Bonchev–Trinajstić information content (AvgIpc) is 3.07. The lowest BCUT2D eigenvalue weighted by atomic mass is 10.0. The Balaban J connectivity index is 1.76. The van der Waals surface area contributed by atoms with Crippen LogP contribution in [0.2, 0.25) is 13.1 Å². The zero-order valence-electron chi connectivity index (χ0n) is 17.6. The Hall–Kier alpha value is -3.56. The smallest absolute Gasteiger partial charge is 0.160 e. The summed E-state index contributed by atoms with van der Waals surface area (Å²) in [4.78, 5) is 10.4. The Labute approximate surface area is 183 Å². The summed E-state index contributed by atoms with van der Waals surface area (Å²) in [5.41, 5.74) is 5.73. The standard InChI is InChI=1S/C28H22N2Si/c1-31(2)23-18-17-19-11-9-10-16-22(19)24(23)26-27(31)25(20-12-5-3-6-13-20)29-28(30-26)21-14-7-4-8-15-21/h3-18H,1-2H3. The van der Waals surface area contributed by atoms with Gasteiger partial charge in [0.1, 0.15) is 8.07 Å². The molecule has 1 aliphatic heterocycles. The third-order valence-electron chi connectivity index (χ3n) is 6.45.